The summed E-state index contributed by atoms with van der Waals surface area (Å²) in [5, 5.41) is 3.25. The second kappa shape index (κ2) is 3.87. The Balaban J connectivity index is 2.24. The molecule has 0 fully saturated rings. The molecule has 0 aromatic carbocycles. The van der Waals surface area contributed by atoms with Crippen molar-refractivity contribution < 1.29 is 0 Å². The Morgan fingerprint density at radius 2 is 1.93 bits per heavy atom. The largest absolute Gasteiger partial charge is 0.353 e. The fourth-order valence-electron chi connectivity index (χ4n) is 1.19. The molecule has 3 heteroatoms. The van der Waals surface area contributed by atoms with Crippen molar-refractivity contribution in [2.24, 2.45) is 0 Å². The van der Waals surface area contributed by atoms with Crippen molar-refractivity contribution in [2.45, 2.75) is 6.92 Å². The van der Waals surface area contributed by atoms with Crippen LogP contribution in [0.1, 0.15) is 5.56 Å². The summed E-state index contributed by atoms with van der Waals surface area (Å²) in [5.74, 6) is 0. The fourth-order valence-corrected chi connectivity index (χ4v) is 1.19. The first kappa shape index (κ1) is 8.69. The van der Waals surface area contributed by atoms with Gasteiger partial charge in [0.1, 0.15) is 0 Å². The van der Waals surface area contributed by atoms with Gasteiger partial charge in [0.2, 0.25) is 0 Å². The molecular formula is C11H11N3. The molecule has 0 radical (unpaired) electrons. The van der Waals surface area contributed by atoms with Crippen LogP contribution >= 0.6 is 0 Å². The molecule has 0 spiro atoms. The minimum Gasteiger partial charge on any atom is -0.353 e. The summed E-state index contributed by atoms with van der Waals surface area (Å²) in [4.78, 5) is 8.09. The lowest BCUT2D eigenvalue weighted by molar-refractivity contribution is 1.27. The summed E-state index contributed by atoms with van der Waals surface area (Å²) < 4.78 is 0. The maximum atomic E-state index is 4.06. The molecule has 0 aliphatic carbocycles. The van der Waals surface area contributed by atoms with E-state index in [2.05, 4.69) is 15.3 Å². The first-order chi connectivity index (χ1) is 6.86. The summed E-state index contributed by atoms with van der Waals surface area (Å²) in [6, 6.07) is 5.84. The summed E-state index contributed by atoms with van der Waals surface area (Å²) in [5.41, 5.74) is 3.16. The molecule has 1 N–H and O–H groups in total. The first-order valence-electron chi connectivity index (χ1n) is 4.44. The van der Waals surface area contributed by atoms with Gasteiger partial charge in [-0.1, -0.05) is 0 Å². The van der Waals surface area contributed by atoms with Crippen LogP contribution in [-0.4, -0.2) is 9.97 Å². The minimum atomic E-state index is 0.976. The van der Waals surface area contributed by atoms with E-state index in [0.29, 0.717) is 0 Å². The molecule has 3 nitrogen and oxygen atoms in total. The highest BCUT2D eigenvalue weighted by molar-refractivity contribution is 5.60. The average Bonchev–Trinajstić information content (AvgIpc) is 2.23. The second-order valence-corrected chi connectivity index (χ2v) is 3.06. The van der Waals surface area contributed by atoms with Gasteiger partial charge in [0.25, 0.3) is 0 Å². The van der Waals surface area contributed by atoms with E-state index in [1.54, 1.807) is 18.6 Å². The van der Waals surface area contributed by atoms with Crippen LogP contribution in [0, 0.1) is 6.92 Å². The van der Waals surface area contributed by atoms with E-state index in [9.17, 15) is 0 Å². The van der Waals surface area contributed by atoms with Gasteiger partial charge < -0.3 is 5.32 Å². The Morgan fingerprint density at radius 1 is 1.07 bits per heavy atom. The van der Waals surface area contributed by atoms with E-state index in [1.807, 2.05) is 31.3 Å². The molecule has 2 aromatic heterocycles. The number of hydrogen-bond acceptors (Lipinski definition) is 3. The molecule has 0 amide bonds. The van der Waals surface area contributed by atoms with Crippen molar-refractivity contribution in [3.63, 3.8) is 0 Å². The SMILES string of the molecule is Cc1ccncc1Nc1cccnc1. The topological polar surface area (TPSA) is 37.8 Å². The zero-order valence-electron chi connectivity index (χ0n) is 7.94. The minimum absolute atomic E-state index is 0.976. The van der Waals surface area contributed by atoms with Gasteiger partial charge in [-0.15, -0.1) is 0 Å². The zero-order chi connectivity index (χ0) is 9.80. The van der Waals surface area contributed by atoms with Gasteiger partial charge in [-0.3, -0.25) is 9.97 Å². The van der Waals surface area contributed by atoms with Crippen molar-refractivity contribution in [2.75, 3.05) is 5.32 Å². The molecular weight excluding hydrogens is 174 g/mol. The van der Waals surface area contributed by atoms with Crippen molar-refractivity contribution in [3.05, 3.63) is 48.5 Å². The van der Waals surface area contributed by atoms with Gasteiger partial charge in [-0.25, -0.2) is 0 Å². The van der Waals surface area contributed by atoms with Crippen molar-refractivity contribution in [3.8, 4) is 0 Å². The number of aryl methyl sites for hydroxylation is 1. The van der Waals surface area contributed by atoms with E-state index in [1.165, 1.54) is 5.56 Å². The van der Waals surface area contributed by atoms with Gasteiger partial charge in [0.05, 0.1) is 23.8 Å². The van der Waals surface area contributed by atoms with Crippen LogP contribution < -0.4 is 5.32 Å². The van der Waals surface area contributed by atoms with Crippen LogP contribution in [0.25, 0.3) is 0 Å². The van der Waals surface area contributed by atoms with Crippen LogP contribution in [-0.2, 0) is 0 Å². The van der Waals surface area contributed by atoms with Crippen LogP contribution in [0.3, 0.4) is 0 Å². The third-order valence-electron chi connectivity index (χ3n) is 1.98. The number of pyridine rings is 2. The fraction of sp³-hybridized carbons (Fsp3) is 0.0909. The van der Waals surface area contributed by atoms with Crippen LogP contribution in [0.5, 0.6) is 0 Å². The van der Waals surface area contributed by atoms with E-state index in [-0.39, 0.29) is 0 Å². The number of nitrogens with one attached hydrogen (secondary N) is 1. The molecule has 0 saturated carbocycles. The maximum Gasteiger partial charge on any atom is 0.0600 e. The van der Waals surface area contributed by atoms with E-state index >= 15 is 0 Å². The molecule has 0 atom stereocenters. The number of nitrogens with zero attached hydrogens (tertiary/aromatic N) is 2. The molecule has 0 aliphatic heterocycles. The summed E-state index contributed by atoms with van der Waals surface area (Å²) in [6.07, 6.45) is 7.12. The van der Waals surface area contributed by atoms with Crippen LogP contribution in [0.2, 0.25) is 0 Å². The van der Waals surface area contributed by atoms with Gasteiger partial charge in [0.15, 0.2) is 0 Å². The Labute approximate surface area is 82.8 Å². The van der Waals surface area contributed by atoms with Crippen LogP contribution in [0.15, 0.2) is 43.0 Å². The van der Waals surface area contributed by atoms with Gasteiger partial charge >= 0.3 is 0 Å². The van der Waals surface area contributed by atoms with Crippen molar-refractivity contribution in [1.82, 2.24) is 9.97 Å². The molecule has 2 rings (SSSR count). The molecule has 0 aliphatic rings. The predicted octanol–water partition coefficient (Wildman–Crippen LogP) is 2.53. The number of hydrogen-bond donors (Lipinski definition) is 1. The van der Waals surface area contributed by atoms with Crippen LogP contribution in [0.4, 0.5) is 11.4 Å². The Hall–Kier alpha value is -1.90. The molecule has 0 unspecified atom stereocenters. The summed E-state index contributed by atoms with van der Waals surface area (Å²) >= 11 is 0. The zero-order valence-corrected chi connectivity index (χ0v) is 7.94. The normalized spacial score (nSPS) is 9.79. The molecule has 0 saturated heterocycles. The lowest BCUT2D eigenvalue weighted by atomic mass is 10.2. The highest BCUT2D eigenvalue weighted by Crippen LogP contribution is 2.17. The van der Waals surface area contributed by atoms with Gasteiger partial charge in [0, 0.05) is 12.4 Å². The predicted molar refractivity (Wildman–Crippen MR) is 56.5 cm³/mol. The molecule has 14 heavy (non-hydrogen) atoms. The summed E-state index contributed by atoms with van der Waals surface area (Å²) in [7, 11) is 0. The van der Waals surface area contributed by atoms with Gasteiger partial charge in [-0.2, -0.15) is 0 Å². The third kappa shape index (κ3) is 1.88. The number of rotatable bonds is 2. The highest BCUT2D eigenvalue weighted by atomic mass is 14.9. The van der Waals surface area contributed by atoms with E-state index in [0.717, 1.165) is 11.4 Å². The number of aromatic nitrogens is 2. The summed E-state index contributed by atoms with van der Waals surface area (Å²) in [6.45, 7) is 2.04. The second-order valence-electron chi connectivity index (χ2n) is 3.06. The third-order valence-corrected chi connectivity index (χ3v) is 1.98. The Bertz CT molecular complexity index is 412. The monoisotopic (exact) mass is 185 g/mol. The molecule has 70 valence electrons. The standard InChI is InChI=1S/C11H11N3/c1-9-4-6-13-8-11(9)14-10-3-2-5-12-7-10/h2-8,14H,1H3. The average molecular weight is 185 g/mol. The quantitative estimate of drug-likeness (QED) is 0.781. The van der Waals surface area contributed by atoms with Gasteiger partial charge in [-0.05, 0) is 30.7 Å². The van der Waals surface area contributed by atoms with Crippen molar-refractivity contribution in [1.29, 1.82) is 0 Å². The lowest BCUT2D eigenvalue weighted by Gasteiger charge is -2.07. The maximum absolute atomic E-state index is 4.06. The van der Waals surface area contributed by atoms with E-state index < -0.39 is 0 Å². The first-order valence-corrected chi connectivity index (χ1v) is 4.44. The highest BCUT2D eigenvalue weighted by Gasteiger charge is 1.96. The number of anilines is 2. The van der Waals surface area contributed by atoms with Crippen molar-refractivity contribution >= 4 is 11.4 Å². The molecule has 2 aromatic rings. The Morgan fingerprint density at radius 3 is 2.64 bits per heavy atom. The molecule has 2 heterocycles. The lowest BCUT2D eigenvalue weighted by Crippen LogP contribution is -1.93. The smallest absolute Gasteiger partial charge is 0.0600 e. The Kier molecular flexibility index (Phi) is 2.40. The molecule has 0 bridgehead atoms. The van der Waals surface area contributed by atoms with E-state index in [4.69, 9.17) is 0 Å².